The van der Waals surface area contributed by atoms with Gasteiger partial charge in [-0.05, 0) is 37.3 Å². The van der Waals surface area contributed by atoms with E-state index in [4.69, 9.17) is 10.6 Å². The van der Waals surface area contributed by atoms with Crippen molar-refractivity contribution < 1.29 is 4.74 Å². The number of benzene rings is 1. The maximum absolute atomic E-state index is 5.96. The molecule has 1 aromatic carbocycles. The van der Waals surface area contributed by atoms with Crippen molar-refractivity contribution in [2.24, 2.45) is 11.3 Å². The zero-order chi connectivity index (χ0) is 14.6. The molecule has 0 amide bonds. The van der Waals surface area contributed by atoms with E-state index >= 15 is 0 Å². The van der Waals surface area contributed by atoms with Gasteiger partial charge < -0.3 is 4.74 Å². The van der Waals surface area contributed by atoms with Crippen LogP contribution in [0.4, 0.5) is 0 Å². The molecule has 108 valence electrons. The van der Waals surface area contributed by atoms with Crippen LogP contribution in [0.2, 0.25) is 0 Å². The van der Waals surface area contributed by atoms with Crippen LogP contribution in [-0.2, 0) is 4.74 Å². The number of hydrazine groups is 1. The van der Waals surface area contributed by atoms with E-state index in [1.165, 1.54) is 16.7 Å². The van der Waals surface area contributed by atoms with Crippen LogP contribution >= 0.6 is 0 Å². The molecule has 0 radical (unpaired) electrons. The minimum Gasteiger partial charge on any atom is -0.376 e. The van der Waals surface area contributed by atoms with Gasteiger partial charge in [-0.2, -0.15) is 0 Å². The lowest BCUT2D eigenvalue weighted by molar-refractivity contribution is -0.0368. The van der Waals surface area contributed by atoms with E-state index < -0.39 is 0 Å². The second-order valence-corrected chi connectivity index (χ2v) is 6.25. The smallest absolute Gasteiger partial charge is 0.0830 e. The molecule has 2 atom stereocenters. The third kappa shape index (κ3) is 4.03. The Morgan fingerprint density at radius 3 is 2.32 bits per heavy atom. The number of hydrogen-bond acceptors (Lipinski definition) is 3. The molecule has 0 saturated carbocycles. The molecule has 1 rings (SSSR count). The molecule has 0 aromatic heterocycles. The van der Waals surface area contributed by atoms with Crippen molar-refractivity contribution in [2.75, 3.05) is 6.61 Å². The molecular formula is C16H28N2O. The summed E-state index contributed by atoms with van der Waals surface area (Å²) in [4.78, 5) is 0. The third-order valence-electron chi connectivity index (χ3n) is 3.44. The summed E-state index contributed by atoms with van der Waals surface area (Å²) >= 11 is 0. The lowest BCUT2D eigenvalue weighted by Crippen LogP contribution is -2.45. The maximum atomic E-state index is 5.96. The van der Waals surface area contributed by atoms with E-state index in [-0.39, 0.29) is 17.6 Å². The molecule has 0 aliphatic carbocycles. The van der Waals surface area contributed by atoms with Crippen molar-refractivity contribution in [2.45, 2.75) is 53.7 Å². The summed E-state index contributed by atoms with van der Waals surface area (Å²) in [5, 5.41) is 0. The molecule has 0 bridgehead atoms. The topological polar surface area (TPSA) is 47.3 Å². The highest BCUT2D eigenvalue weighted by atomic mass is 16.5. The fourth-order valence-electron chi connectivity index (χ4n) is 2.54. The van der Waals surface area contributed by atoms with Crippen LogP contribution in [0.3, 0.4) is 0 Å². The van der Waals surface area contributed by atoms with E-state index in [1.807, 2.05) is 6.92 Å². The lowest BCUT2D eigenvalue weighted by Gasteiger charge is -2.37. The van der Waals surface area contributed by atoms with Gasteiger partial charge in [0.25, 0.3) is 0 Å². The van der Waals surface area contributed by atoms with Gasteiger partial charge in [0.05, 0.1) is 12.1 Å². The summed E-state index contributed by atoms with van der Waals surface area (Å²) in [5.41, 5.74) is 6.68. The first-order valence-electron chi connectivity index (χ1n) is 6.96. The van der Waals surface area contributed by atoms with Crippen molar-refractivity contribution in [3.63, 3.8) is 0 Å². The SMILES string of the molecule is CCOC(C(NN)c1ccc(C)cc1C)C(C)(C)C. The lowest BCUT2D eigenvalue weighted by atomic mass is 9.81. The van der Waals surface area contributed by atoms with Crippen LogP contribution < -0.4 is 11.3 Å². The van der Waals surface area contributed by atoms with E-state index in [2.05, 4.69) is 58.2 Å². The van der Waals surface area contributed by atoms with Gasteiger partial charge in [0, 0.05) is 6.61 Å². The Balaban J connectivity index is 3.16. The second kappa shape index (κ2) is 6.51. The molecule has 3 N–H and O–H groups in total. The zero-order valence-electron chi connectivity index (χ0n) is 13.1. The highest BCUT2D eigenvalue weighted by Crippen LogP contribution is 2.33. The van der Waals surface area contributed by atoms with Gasteiger partial charge in [-0.25, -0.2) is 0 Å². The number of nitrogens with two attached hydrogens (primary N) is 1. The highest BCUT2D eigenvalue weighted by molar-refractivity contribution is 5.33. The standard InChI is InChI=1S/C16H28N2O/c1-7-19-15(16(4,5)6)14(18-17)13-9-8-11(2)10-12(13)3/h8-10,14-15,18H,7,17H2,1-6H3. The summed E-state index contributed by atoms with van der Waals surface area (Å²) in [6.45, 7) is 13.5. The summed E-state index contributed by atoms with van der Waals surface area (Å²) < 4.78 is 5.96. The van der Waals surface area contributed by atoms with Crippen LogP contribution in [0.15, 0.2) is 18.2 Å². The van der Waals surface area contributed by atoms with Gasteiger partial charge in [-0.15, -0.1) is 0 Å². The predicted molar refractivity (Wildman–Crippen MR) is 80.8 cm³/mol. The van der Waals surface area contributed by atoms with Gasteiger partial charge in [-0.1, -0.05) is 44.5 Å². The molecular weight excluding hydrogens is 236 g/mol. The van der Waals surface area contributed by atoms with Gasteiger partial charge in [0.15, 0.2) is 0 Å². The highest BCUT2D eigenvalue weighted by Gasteiger charge is 2.34. The molecule has 0 heterocycles. The molecule has 3 nitrogen and oxygen atoms in total. The van der Waals surface area contributed by atoms with E-state index in [9.17, 15) is 0 Å². The molecule has 3 heteroatoms. The van der Waals surface area contributed by atoms with Crippen molar-refractivity contribution in [1.29, 1.82) is 0 Å². The average molecular weight is 264 g/mol. The largest absolute Gasteiger partial charge is 0.376 e. The van der Waals surface area contributed by atoms with Gasteiger partial charge in [0.1, 0.15) is 0 Å². The second-order valence-electron chi connectivity index (χ2n) is 6.25. The van der Waals surface area contributed by atoms with Crippen LogP contribution in [-0.4, -0.2) is 12.7 Å². The monoisotopic (exact) mass is 264 g/mol. The Labute approximate surface area is 117 Å². The van der Waals surface area contributed by atoms with Gasteiger partial charge in [0.2, 0.25) is 0 Å². The first-order valence-corrected chi connectivity index (χ1v) is 6.96. The summed E-state index contributed by atoms with van der Waals surface area (Å²) in [6.07, 6.45) is 0.0314. The summed E-state index contributed by atoms with van der Waals surface area (Å²) in [5.74, 6) is 5.81. The van der Waals surface area contributed by atoms with E-state index in [0.29, 0.717) is 6.61 Å². The Kier molecular flexibility index (Phi) is 5.53. The molecule has 19 heavy (non-hydrogen) atoms. The van der Waals surface area contributed by atoms with Crippen molar-refractivity contribution in [3.05, 3.63) is 34.9 Å². The normalized spacial score (nSPS) is 15.3. The maximum Gasteiger partial charge on any atom is 0.0830 e. The Morgan fingerprint density at radius 1 is 1.26 bits per heavy atom. The fraction of sp³-hybridized carbons (Fsp3) is 0.625. The Bertz CT molecular complexity index is 410. The van der Waals surface area contributed by atoms with Gasteiger partial charge >= 0.3 is 0 Å². The number of nitrogens with one attached hydrogen (secondary N) is 1. The molecule has 0 fully saturated rings. The minimum absolute atomic E-state index is 0.000509. The molecule has 2 unspecified atom stereocenters. The van der Waals surface area contributed by atoms with Crippen molar-refractivity contribution in [3.8, 4) is 0 Å². The quantitative estimate of drug-likeness (QED) is 0.634. The number of ether oxygens (including phenoxy) is 1. The first-order chi connectivity index (χ1) is 8.81. The first kappa shape index (κ1) is 16.2. The third-order valence-corrected chi connectivity index (χ3v) is 3.44. The molecule has 0 spiro atoms. The van der Waals surface area contributed by atoms with Crippen LogP contribution in [0.1, 0.15) is 50.4 Å². The zero-order valence-corrected chi connectivity index (χ0v) is 13.1. The molecule has 1 aromatic rings. The fourth-order valence-corrected chi connectivity index (χ4v) is 2.54. The van der Waals surface area contributed by atoms with E-state index in [1.54, 1.807) is 0 Å². The number of aryl methyl sites for hydroxylation is 2. The summed E-state index contributed by atoms with van der Waals surface area (Å²) in [6, 6.07) is 6.46. The minimum atomic E-state index is 0.000509. The van der Waals surface area contributed by atoms with Crippen LogP contribution in [0, 0.1) is 19.3 Å². The summed E-state index contributed by atoms with van der Waals surface area (Å²) in [7, 11) is 0. The molecule has 0 saturated heterocycles. The Hall–Kier alpha value is -0.900. The van der Waals surface area contributed by atoms with Gasteiger partial charge in [-0.3, -0.25) is 11.3 Å². The number of hydrogen-bond donors (Lipinski definition) is 2. The predicted octanol–water partition coefficient (Wildman–Crippen LogP) is 3.26. The number of rotatable bonds is 5. The average Bonchev–Trinajstić information content (AvgIpc) is 2.30. The molecule has 0 aliphatic rings. The van der Waals surface area contributed by atoms with Crippen molar-refractivity contribution >= 4 is 0 Å². The van der Waals surface area contributed by atoms with Crippen LogP contribution in [0.5, 0.6) is 0 Å². The van der Waals surface area contributed by atoms with Crippen LogP contribution in [0.25, 0.3) is 0 Å². The van der Waals surface area contributed by atoms with E-state index in [0.717, 1.165) is 0 Å². The van der Waals surface area contributed by atoms with Crippen molar-refractivity contribution in [1.82, 2.24) is 5.43 Å². The molecule has 0 aliphatic heterocycles. The Morgan fingerprint density at radius 2 is 1.89 bits per heavy atom.